The molecule has 1 aliphatic rings. The number of hydrogen-bond donors (Lipinski definition) is 0. The fraction of sp³-hybridized carbons (Fsp3) is 0.379. The predicted molar refractivity (Wildman–Crippen MR) is 142 cm³/mol. The standard InChI is InChI=1S/C29H35N5O2/c1-23(2)21-28(35)34(16-15-24-9-5-3-6-10-24)22-29(36)33-19-17-32(18-20-33)27-14-13-26(30-31-27)25-11-7-4-8-12-25/h3-14,23H,15-22H2,1-2H3. The zero-order chi connectivity index (χ0) is 25.3. The molecule has 1 saturated heterocycles. The summed E-state index contributed by atoms with van der Waals surface area (Å²) < 4.78 is 0. The summed E-state index contributed by atoms with van der Waals surface area (Å²) in [6.45, 7) is 7.32. The number of hydrogen-bond acceptors (Lipinski definition) is 5. The Morgan fingerprint density at radius 3 is 2.14 bits per heavy atom. The summed E-state index contributed by atoms with van der Waals surface area (Å²) in [5.41, 5.74) is 3.05. The number of amides is 2. The average Bonchev–Trinajstić information content (AvgIpc) is 2.92. The van der Waals surface area contributed by atoms with Crippen LogP contribution >= 0.6 is 0 Å². The van der Waals surface area contributed by atoms with E-state index < -0.39 is 0 Å². The molecule has 0 unspecified atom stereocenters. The second-order valence-electron chi connectivity index (χ2n) is 9.66. The lowest BCUT2D eigenvalue weighted by Crippen LogP contribution is -2.52. The third-order valence-electron chi connectivity index (χ3n) is 6.45. The van der Waals surface area contributed by atoms with Crippen LogP contribution in [0, 0.1) is 5.92 Å². The molecular weight excluding hydrogens is 450 g/mol. The summed E-state index contributed by atoms with van der Waals surface area (Å²) in [6, 6.07) is 24.1. The van der Waals surface area contributed by atoms with E-state index in [1.165, 1.54) is 5.56 Å². The number of nitrogens with zero attached hydrogens (tertiary/aromatic N) is 5. The Kier molecular flexibility index (Phi) is 8.66. The van der Waals surface area contributed by atoms with Gasteiger partial charge in [0, 0.05) is 44.7 Å². The molecule has 0 bridgehead atoms. The number of carbonyl (C=O) groups is 2. The molecule has 3 aromatic rings. The van der Waals surface area contributed by atoms with Gasteiger partial charge in [-0.15, -0.1) is 10.2 Å². The van der Waals surface area contributed by atoms with Crippen LogP contribution in [0.5, 0.6) is 0 Å². The van der Waals surface area contributed by atoms with Crippen LogP contribution in [0.2, 0.25) is 0 Å². The van der Waals surface area contributed by atoms with Crippen LogP contribution in [-0.2, 0) is 16.0 Å². The number of rotatable bonds is 9. The molecular formula is C29H35N5O2. The van der Waals surface area contributed by atoms with Crippen LogP contribution in [0.3, 0.4) is 0 Å². The van der Waals surface area contributed by atoms with Crippen LogP contribution in [0.1, 0.15) is 25.8 Å². The van der Waals surface area contributed by atoms with E-state index in [4.69, 9.17) is 0 Å². The Balaban J connectivity index is 1.32. The summed E-state index contributed by atoms with van der Waals surface area (Å²) >= 11 is 0. The highest BCUT2D eigenvalue weighted by molar-refractivity contribution is 5.85. The van der Waals surface area contributed by atoms with E-state index in [0.717, 1.165) is 23.5 Å². The first-order valence-corrected chi connectivity index (χ1v) is 12.7. The average molecular weight is 486 g/mol. The van der Waals surface area contributed by atoms with Gasteiger partial charge in [0.2, 0.25) is 11.8 Å². The van der Waals surface area contributed by atoms with E-state index in [9.17, 15) is 9.59 Å². The van der Waals surface area contributed by atoms with Crippen molar-refractivity contribution in [2.45, 2.75) is 26.7 Å². The Hall–Kier alpha value is -3.74. The number of piperazine rings is 1. The predicted octanol–water partition coefficient (Wildman–Crippen LogP) is 3.91. The van der Waals surface area contributed by atoms with Gasteiger partial charge in [-0.25, -0.2) is 0 Å². The van der Waals surface area contributed by atoms with Gasteiger partial charge in [-0.3, -0.25) is 9.59 Å². The molecule has 0 atom stereocenters. The number of aromatic nitrogens is 2. The maximum absolute atomic E-state index is 13.1. The molecule has 36 heavy (non-hydrogen) atoms. The van der Waals surface area contributed by atoms with Crippen LogP contribution in [-0.4, -0.2) is 71.1 Å². The summed E-state index contributed by atoms with van der Waals surface area (Å²) in [6.07, 6.45) is 1.19. The van der Waals surface area contributed by atoms with Gasteiger partial charge < -0.3 is 14.7 Å². The van der Waals surface area contributed by atoms with Gasteiger partial charge in [-0.05, 0) is 30.0 Å². The highest BCUT2D eigenvalue weighted by Crippen LogP contribution is 2.19. The van der Waals surface area contributed by atoms with Crippen molar-refractivity contribution in [2.24, 2.45) is 5.92 Å². The number of anilines is 1. The first-order valence-electron chi connectivity index (χ1n) is 12.7. The Morgan fingerprint density at radius 1 is 0.861 bits per heavy atom. The molecule has 4 rings (SSSR count). The van der Waals surface area contributed by atoms with E-state index >= 15 is 0 Å². The molecule has 0 saturated carbocycles. The molecule has 7 nitrogen and oxygen atoms in total. The first kappa shape index (κ1) is 25.4. The van der Waals surface area contributed by atoms with E-state index in [0.29, 0.717) is 39.1 Å². The third kappa shape index (κ3) is 6.90. The maximum Gasteiger partial charge on any atom is 0.242 e. The van der Waals surface area contributed by atoms with Crippen LogP contribution < -0.4 is 4.90 Å². The van der Waals surface area contributed by atoms with Crippen molar-refractivity contribution < 1.29 is 9.59 Å². The molecule has 2 heterocycles. The van der Waals surface area contributed by atoms with E-state index in [2.05, 4.69) is 27.2 Å². The van der Waals surface area contributed by atoms with Crippen molar-refractivity contribution in [1.29, 1.82) is 0 Å². The molecule has 2 aromatic carbocycles. The molecule has 1 fully saturated rings. The second-order valence-corrected chi connectivity index (χ2v) is 9.66. The molecule has 7 heteroatoms. The quantitative estimate of drug-likeness (QED) is 0.460. The summed E-state index contributed by atoms with van der Waals surface area (Å²) in [5, 5.41) is 8.81. The maximum atomic E-state index is 13.1. The van der Waals surface area contributed by atoms with Crippen molar-refractivity contribution in [3.63, 3.8) is 0 Å². The monoisotopic (exact) mass is 485 g/mol. The lowest BCUT2D eigenvalue weighted by Gasteiger charge is -2.36. The largest absolute Gasteiger partial charge is 0.352 e. The molecule has 0 spiro atoms. The van der Waals surface area contributed by atoms with Gasteiger partial charge in [-0.2, -0.15) is 0 Å². The molecule has 0 radical (unpaired) electrons. The summed E-state index contributed by atoms with van der Waals surface area (Å²) in [5.74, 6) is 1.12. The first-order chi connectivity index (χ1) is 17.5. The van der Waals surface area contributed by atoms with Crippen LogP contribution in [0.15, 0.2) is 72.8 Å². The molecule has 1 aromatic heterocycles. The molecule has 2 amide bonds. The SMILES string of the molecule is CC(C)CC(=O)N(CCc1ccccc1)CC(=O)N1CCN(c2ccc(-c3ccccc3)nn2)CC1. The van der Waals surface area contributed by atoms with Crippen molar-refractivity contribution in [2.75, 3.05) is 44.2 Å². The van der Waals surface area contributed by atoms with E-state index in [1.807, 2.05) is 79.4 Å². The molecule has 0 N–H and O–H groups in total. The van der Waals surface area contributed by atoms with Gasteiger partial charge in [0.05, 0.1) is 12.2 Å². The van der Waals surface area contributed by atoms with Crippen molar-refractivity contribution in [3.05, 3.63) is 78.4 Å². The normalized spacial score (nSPS) is 13.6. The number of carbonyl (C=O) groups excluding carboxylic acids is 2. The van der Waals surface area contributed by atoms with E-state index in [-0.39, 0.29) is 24.3 Å². The van der Waals surface area contributed by atoms with Crippen molar-refractivity contribution in [1.82, 2.24) is 20.0 Å². The van der Waals surface area contributed by atoms with Gasteiger partial charge in [-0.1, -0.05) is 74.5 Å². The minimum absolute atomic E-state index is 0.00493. The second kappa shape index (κ2) is 12.3. The zero-order valence-electron chi connectivity index (χ0n) is 21.2. The highest BCUT2D eigenvalue weighted by atomic mass is 16.2. The fourth-order valence-electron chi connectivity index (χ4n) is 4.38. The third-order valence-corrected chi connectivity index (χ3v) is 6.45. The Bertz CT molecular complexity index is 1110. The topological polar surface area (TPSA) is 69.6 Å². The summed E-state index contributed by atoms with van der Waals surface area (Å²) in [4.78, 5) is 31.8. The zero-order valence-corrected chi connectivity index (χ0v) is 21.2. The molecule has 188 valence electrons. The highest BCUT2D eigenvalue weighted by Gasteiger charge is 2.25. The summed E-state index contributed by atoms with van der Waals surface area (Å²) in [7, 11) is 0. The van der Waals surface area contributed by atoms with Crippen molar-refractivity contribution >= 4 is 17.6 Å². The minimum atomic E-state index is 0.00493. The lowest BCUT2D eigenvalue weighted by molar-refractivity contribution is -0.141. The Labute approximate surface area is 213 Å². The fourth-order valence-corrected chi connectivity index (χ4v) is 4.38. The van der Waals surface area contributed by atoms with Crippen LogP contribution in [0.4, 0.5) is 5.82 Å². The minimum Gasteiger partial charge on any atom is -0.352 e. The molecule has 1 aliphatic heterocycles. The van der Waals surface area contributed by atoms with Gasteiger partial charge in [0.15, 0.2) is 5.82 Å². The Morgan fingerprint density at radius 2 is 1.53 bits per heavy atom. The van der Waals surface area contributed by atoms with E-state index in [1.54, 1.807) is 4.90 Å². The van der Waals surface area contributed by atoms with Gasteiger partial charge in [0.1, 0.15) is 0 Å². The van der Waals surface area contributed by atoms with Crippen molar-refractivity contribution in [3.8, 4) is 11.3 Å². The smallest absolute Gasteiger partial charge is 0.242 e. The number of benzene rings is 2. The van der Waals surface area contributed by atoms with Gasteiger partial charge >= 0.3 is 0 Å². The lowest BCUT2D eigenvalue weighted by atomic mass is 10.1. The van der Waals surface area contributed by atoms with Crippen LogP contribution in [0.25, 0.3) is 11.3 Å². The van der Waals surface area contributed by atoms with Gasteiger partial charge in [0.25, 0.3) is 0 Å². The molecule has 0 aliphatic carbocycles.